The molecule has 2 aliphatic rings. The highest BCUT2D eigenvalue weighted by Crippen LogP contribution is 2.47. The molecule has 2 aromatic heterocycles. The van der Waals surface area contributed by atoms with Crippen LogP contribution in [0.15, 0.2) is 27.0 Å². The molecule has 1 N–H and O–H groups in total. The van der Waals surface area contributed by atoms with Gasteiger partial charge in [0, 0.05) is 24.4 Å². The van der Waals surface area contributed by atoms with Gasteiger partial charge < -0.3 is 14.1 Å². The van der Waals surface area contributed by atoms with Crippen molar-refractivity contribution < 1.29 is 13.9 Å². The number of thiazole rings is 1. The third-order valence-corrected chi connectivity index (χ3v) is 5.62. The summed E-state index contributed by atoms with van der Waals surface area (Å²) < 4.78 is 11.1. The molecule has 1 saturated carbocycles. The van der Waals surface area contributed by atoms with E-state index in [2.05, 4.69) is 27.3 Å². The predicted molar refractivity (Wildman–Crippen MR) is 99.8 cm³/mol. The molecule has 8 heteroatoms. The molecule has 1 aliphatic heterocycles. The first kappa shape index (κ1) is 17.2. The quantitative estimate of drug-likeness (QED) is 0.620. The average Bonchev–Trinajstić information content (AvgIpc) is 3.03. The fourth-order valence-electron chi connectivity index (χ4n) is 3.00. The molecule has 0 bridgehead atoms. The minimum Gasteiger partial charge on any atom is -0.460 e. The number of amides is 1. The van der Waals surface area contributed by atoms with E-state index in [0.717, 1.165) is 42.9 Å². The molecule has 1 saturated heterocycles. The Balaban J connectivity index is 1.26. The fraction of sp³-hybridized carbons (Fsp3) is 0.500. The Morgan fingerprint density at radius 2 is 2.27 bits per heavy atom. The molecule has 0 unspecified atom stereocenters. The lowest BCUT2D eigenvalue weighted by atomic mass is 10.3. The van der Waals surface area contributed by atoms with Gasteiger partial charge in [-0.1, -0.05) is 6.92 Å². The van der Waals surface area contributed by atoms with E-state index in [1.165, 1.54) is 12.6 Å². The summed E-state index contributed by atoms with van der Waals surface area (Å²) in [6, 6.07) is 3.87. The SMILES string of the molecule is C[C@@H]1C[C@H]1c1ccc(/C=N\NC(=O)Cc2csc(N3CCOCC3)n2)o1. The van der Waals surface area contributed by atoms with Crippen molar-refractivity contribution in [2.75, 3.05) is 31.2 Å². The van der Waals surface area contributed by atoms with E-state index in [1.54, 1.807) is 11.3 Å². The highest BCUT2D eigenvalue weighted by Gasteiger charge is 2.36. The molecule has 0 radical (unpaired) electrons. The molecule has 1 aliphatic carbocycles. The Hall–Kier alpha value is -2.19. The van der Waals surface area contributed by atoms with Crippen LogP contribution in [0.2, 0.25) is 0 Å². The molecule has 1 amide bonds. The molecule has 138 valence electrons. The predicted octanol–water partition coefficient (Wildman–Crippen LogP) is 2.39. The van der Waals surface area contributed by atoms with Crippen molar-refractivity contribution in [2.24, 2.45) is 11.0 Å². The summed E-state index contributed by atoms with van der Waals surface area (Å²) in [6.45, 7) is 5.34. The molecule has 4 rings (SSSR count). The van der Waals surface area contributed by atoms with Crippen LogP contribution in [0.3, 0.4) is 0 Å². The second-order valence-corrected chi connectivity index (χ2v) is 7.59. The fourth-order valence-corrected chi connectivity index (χ4v) is 3.88. The van der Waals surface area contributed by atoms with Crippen molar-refractivity contribution in [1.82, 2.24) is 10.4 Å². The standard InChI is InChI=1S/C18H22N4O3S/c1-12-8-15(12)16-3-2-14(25-16)10-19-21-17(23)9-13-11-26-18(20-13)22-4-6-24-7-5-22/h2-3,10-12,15H,4-9H2,1H3,(H,21,23)/b19-10-/t12-,15-/m1/s1. The molecule has 2 atom stereocenters. The smallest absolute Gasteiger partial charge is 0.246 e. The average molecular weight is 374 g/mol. The zero-order chi connectivity index (χ0) is 17.9. The number of rotatable bonds is 6. The normalized spacial score (nSPS) is 22.7. The Morgan fingerprint density at radius 1 is 1.46 bits per heavy atom. The maximum atomic E-state index is 12.0. The van der Waals surface area contributed by atoms with Crippen LogP contribution < -0.4 is 10.3 Å². The Morgan fingerprint density at radius 3 is 3.04 bits per heavy atom. The van der Waals surface area contributed by atoms with Gasteiger partial charge in [-0.25, -0.2) is 10.4 Å². The summed E-state index contributed by atoms with van der Waals surface area (Å²) in [4.78, 5) is 18.7. The van der Waals surface area contributed by atoms with Crippen molar-refractivity contribution in [3.05, 3.63) is 34.7 Å². The molecule has 7 nitrogen and oxygen atoms in total. The van der Waals surface area contributed by atoms with E-state index in [1.807, 2.05) is 17.5 Å². The van der Waals surface area contributed by atoms with Crippen molar-refractivity contribution in [1.29, 1.82) is 0 Å². The van der Waals surface area contributed by atoms with Gasteiger partial charge in [-0.15, -0.1) is 11.3 Å². The Bertz CT molecular complexity index is 794. The number of nitrogens with one attached hydrogen (secondary N) is 1. The molecule has 3 heterocycles. The van der Waals surface area contributed by atoms with Gasteiger partial charge in [0.25, 0.3) is 0 Å². The highest BCUT2D eigenvalue weighted by molar-refractivity contribution is 7.13. The van der Waals surface area contributed by atoms with Crippen LogP contribution in [-0.4, -0.2) is 43.4 Å². The number of carbonyl (C=O) groups is 1. The molecular formula is C18H22N4O3S. The summed E-state index contributed by atoms with van der Waals surface area (Å²) >= 11 is 1.56. The van der Waals surface area contributed by atoms with Gasteiger partial charge in [-0.05, 0) is 24.5 Å². The molecule has 0 spiro atoms. The van der Waals surface area contributed by atoms with Gasteiger partial charge in [0.2, 0.25) is 5.91 Å². The van der Waals surface area contributed by atoms with Crippen LogP contribution in [0.5, 0.6) is 0 Å². The van der Waals surface area contributed by atoms with E-state index in [-0.39, 0.29) is 12.3 Å². The van der Waals surface area contributed by atoms with Gasteiger partial charge in [-0.2, -0.15) is 5.10 Å². The van der Waals surface area contributed by atoms with Gasteiger partial charge >= 0.3 is 0 Å². The van der Waals surface area contributed by atoms with E-state index in [9.17, 15) is 4.79 Å². The number of nitrogens with zero attached hydrogens (tertiary/aromatic N) is 3. The summed E-state index contributed by atoms with van der Waals surface area (Å²) in [5.74, 6) is 2.71. The van der Waals surface area contributed by atoms with Gasteiger partial charge in [-0.3, -0.25) is 4.79 Å². The van der Waals surface area contributed by atoms with Crippen LogP contribution in [0.4, 0.5) is 5.13 Å². The summed E-state index contributed by atoms with van der Waals surface area (Å²) in [7, 11) is 0. The summed E-state index contributed by atoms with van der Waals surface area (Å²) in [6.07, 6.45) is 2.93. The minimum absolute atomic E-state index is 0.192. The largest absolute Gasteiger partial charge is 0.460 e. The second-order valence-electron chi connectivity index (χ2n) is 6.75. The number of hydrogen-bond donors (Lipinski definition) is 1. The number of anilines is 1. The first-order chi connectivity index (χ1) is 12.7. The molecule has 2 fully saturated rings. The lowest BCUT2D eigenvalue weighted by molar-refractivity contribution is -0.120. The zero-order valence-electron chi connectivity index (χ0n) is 14.7. The molecular weight excluding hydrogens is 352 g/mol. The maximum Gasteiger partial charge on any atom is 0.246 e. The Kier molecular flexibility index (Phi) is 5.03. The highest BCUT2D eigenvalue weighted by atomic mass is 32.1. The Labute approximate surface area is 156 Å². The van der Waals surface area contributed by atoms with Gasteiger partial charge in [0.05, 0.1) is 31.5 Å². The van der Waals surface area contributed by atoms with Crippen LogP contribution in [-0.2, 0) is 16.0 Å². The van der Waals surface area contributed by atoms with E-state index in [0.29, 0.717) is 17.6 Å². The third kappa shape index (κ3) is 4.13. The lowest BCUT2D eigenvalue weighted by Gasteiger charge is -2.26. The number of furan rings is 1. The zero-order valence-corrected chi connectivity index (χ0v) is 15.5. The number of aromatic nitrogens is 1. The van der Waals surface area contributed by atoms with Crippen molar-refractivity contribution in [2.45, 2.75) is 25.7 Å². The summed E-state index contributed by atoms with van der Waals surface area (Å²) in [5.41, 5.74) is 3.29. The maximum absolute atomic E-state index is 12.0. The topological polar surface area (TPSA) is 80.0 Å². The van der Waals surface area contributed by atoms with Crippen LogP contribution in [0.25, 0.3) is 0 Å². The van der Waals surface area contributed by atoms with Crippen LogP contribution >= 0.6 is 11.3 Å². The number of hydrogen-bond acceptors (Lipinski definition) is 7. The van der Waals surface area contributed by atoms with E-state index < -0.39 is 0 Å². The monoisotopic (exact) mass is 374 g/mol. The van der Waals surface area contributed by atoms with Gasteiger partial charge in [0.1, 0.15) is 11.5 Å². The minimum atomic E-state index is -0.192. The van der Waals surface area contributed by atoms with Crippen LogP contribution in [0, 0.1) is 5.92 Å². The van der Waals surface area contributed by atoms with Crippen molar-refractivity contribution >= 4 is 28.6 Å². The van der Waals surface area contributed by atoms with Crippen LogP contribution in [0.1, 0.15) is 36.5 Å². The second kappa shape index (κ2) is 7.59. The lowest BCUT2D eigenvalue weighted by Crippen LogP contribution is -2.36. The first-order valence-electron chi connectivity index (χ1n) is 8.88. The third-order valence-electron chi connectivity index (χ3n) is 4.67. The van der Waals surface area contributed by atoms with Gasteiger partial charge in [0.15, 0.2) is 5.13 Å². The van der Waals surface area contributed by atoms with Crippen molar-refractivity contribution in [3.8, 4) is 0 Å². The molecule has 0 aromatic carbocycles. The molecule has 2 aromatic rings. The molecule has 26 heavy (non-hydrogen) atoms. The van der Waals surface area contributed by atoms with Crippen molar-refractivity contribution in [3.63, 3.8) is 0 Å². The number of carbonyl (C=O) groups excluding carboxylic acids is 1. The number of morpholine rings is 1. The number of hydrazone groups is 1. The van der Waals surface area contributed by atoms with E-state index >= 15 is 0 Å². The number of ether oxygens (including phenoxy) is 1. The summed E-state index contributed by atoms with van der Waals surface area (Å²) in [5, 5.41) is 6.84. The van der Waals surface area contributed by atoms with E-state index in [4.69, 9.17) is 9.15 Å². The first-order valence-corrected chi connectivity index (χ1v) is 9.76.